The van der Waals surface area contributed by atoms with Gasteiger partial charge in [-0.1, -0.05) is 0 Å². The molecule has 0 aliphatic carbocycles. The van der Waals surface area contributed by atoms with Crippen molar-refractivity contribution in [2.24, 2.45) is 0 Å². The highest BCUT2D eigenvalue weighted by Gasteiger charge is 2.39. The summed E-state index contributed by atoms with van der Waals surface area (Å²) in [4.78, 5) is 0. The summed E-state index contributed by atoms with van der Waals surface area (Å²) in [5, 5.41) is 0. The lowest BCUT2D eigenvalue weighted by molar-refractivity contribution is -0.0501. The van der Waals surface area contributed by atoms with E-state index in [1.54, 1.807) is 0 Å². The predicted molar refractivity (Wildman–Crippen MR) is 80.8 cm³/mol. The molecule has 0 bridgehead atoms. The van der Waals surface area contributed by atoms with E-state index in [4.69, 9.17) is 18.9 Å². The van der Waals surface area contributed by atoms with Gasteiger partial charge in [-0.15, -0.1) is 0 Å². The van der Waals surface area contributed by atoms with Crippen LogP contribution in [0.4, 0.5) is 35.1 Å². The Kier molecular flexibility index (Phi) is 5.43. The van der Waals surface area contributed by atoms with Gasteiger partial charge in [0, 0.05) is 0 Å². The van der Waals surface area contributed by atoms with E-state index in [1.165, 1.54) is 0 Å². The molecular formula is C18H10F8O4. The number of rotatable bonds is 3. The fourth-order valence-corrected chi connectivity index (χ4v) is 3.20. The summed E-state index contributed by atoms with van der Waals surface area (Å²) in [6.45, 7) is -0.552. The van der Waals surface area contributed by atoms with Crippen molar-refractivity contribution in [2.45, 2.75) is 12.6 Å². The fraction of sp³-hybridized carbons (Fsp3) is 0.333. The average Bonchev–Trinajstić information content (AvgIpc) is 3.42. The van der Waals surface area contributed by atoms with Crippen LogP contribution < -0.4 is 0 Å². The molecule has 0 N–H and O–H groups in total. The van der Waals surface area contributed by atoms with Gasteiger partial charge in [0.2, 0.25) is 0 Å². The van der Waals surface area contributed by atoms with E-state index in [2.05, 4.69) is 0 Å². The molecule has 2 aliphatic rings. The number of halogens is 8. The minimum absolute atomic E-state index is 0.138. The molecule has 12 heteroatoms. The van der Waals surface area contributed by atoms with E-state index < -0.39 is 81.4 Å². The van der Waals surface area contributed by atoms with Gasteiger partial charge in [-0.3, -0.25) is 0 Å². The van der Waals surface area contributed by atoms with E-state index in [0.717, 1.165) is 0 Å². The first kappa shape index (κ1) is 21.0. The zero-order chi connectivity index (χ0) is 21.7. The van der Waals surface area contributed by atoms with Crippen molar-refractivity contribution < 1.29 is 54.1 Å². The summed E-state index contributed by atoms with van der Waals surface area (Å²) in [5.74, 6) is -17.5. The summed E-state index contributed by atoms with van der Waals surface area (Å²) < 4.78 is 135. The second-order valence-corrected chi connectivity index (χ2v) is 6.24. The molecular weight excluding hydrogens is 432 g/mol. The number of ether oxygens (including phenoxy) is 4. The highest BCUT2D eigenvalue weighted by Crippen LogP contribution is 2.42. The molecule has 2 aromatic carbocycles. The Hall–Kier alpha value is -2.28. The predicted octanol–water partition coefficient (Wildman–Crippen LogP) is 4.56. The zero-order valence-electron chi connectivity index (χ0n) is 14.6. The summed E-state index contributed by atoms with van der Waals surface area (Å²) >= 11 is 0. The number of hydrogen-bond donors (Lipinski definition) is 0. The van der Waals surface area contributed by atoms with Gasteiger partial charge < -0.3 is 18.9 Å². The summed E-state index contributed by atoms with van der Waals surface area (Å²) in [7, 11) is 0. The lowest BCUT2D eigenvalue weighted by Crippen LogP contribution is -2.15. The van der Waals surface area contributed by atoms with Crippen molar-refractivity contribution in [3.8, 4) is 11.1 Å². The molecule has 4 nitrogen and oxygen atoms in total. The lowest BCUT2D eigenvalue weighted by Gasteiger charge is -2.18. The standard InChI is InChI=1S/C18H10F8O4/c19-9-5(10(20)14(24)7(13(9)23)17-27-1-2-28-17)6-11(21)15(25)8(16(26)12(6)22)18-29-3-4-30-18/h17-18H,1-4H2. The van der Waals surface area contributed by atoms with Gasteiger partial charge in [0.25, 0.3) is 0 Å². The SMILES string of the molecule is Fc1c(F)c(C2OCCO2)c(F)c(F)c1-c1c(F)c(F)c(C2OCCO2)c(F)c1F. The van der Waals surface area contributed by atoms with Gasteiger partial charge in [-0.2, -0.15) is 0 Å². The van der Waals surface area contributed by atoms with Crippen molar-refractivity contribution in [1.82, 2.24) is 0 Å². The monoisotopic (exact) mass is 442 g/mol. The van der Waals surface area contributed by atoms with Crippen LogP contribution in [-0.4, -0.2) is 26.4 Å². The molecule has 2 fully saturated rings. The normalized spacial score (nSPS) is 18.0. The van der Waals surface area contributed by atoms with Crippen molar-refractivity contribution >= 4 is 0 Å². The highest BCUT2D eigenvalue weighted by atomic mass is 19.2. The van der Waals surface area contributed by atoms with E-state index in [-0.39, 0.29) is 26.4 Å². The molecule has 0 atom stereocenters. The Bertz CT molecular complexity index is 877. The van der Waals surface area contributed by atoms with Crippen LogP contribution in [0.25, 0.3) is 11.1 Å². The Morgan fingerprint density at radius 2 is 0.633 bits per heavy atom. The Morgan fingerprint density at radius 3 is 0.867 bits per heavy atom. The molecule has 2 heterocycles. The number of benzene rings is 2. The topological polar surface area (TPSA) is 36.9 Å². The summed E-state index contributed by atoms with van der Waals surface area (Å²) in [6.07, 6.45) is -3.63. The largest absolute Gasteiger partial charge is 0.346 e. The summed E-state index contributed by atoms with van der Waals surface area (Å²) in [5.41, 5.74) is -6.59. The Labute approximate surface area is 162 Å². The molecule has 2 aliphatic heterocycles. The Balaban J connectivity index is 1.95. The van der Waals surface area contributed by atoms with E-state index in [0.29, 0.717) is 0 Å². The average molecular weight is 442 g/mol. The second kappa shape index (κ2) is 7.76. The van der Waals surface area contributed by atoms with Gasteiger partial charge >= 0.3 is 0 Å². The molecule has 4 rings (SSSR count). The van der Waals surface area contributed by atoms with Gasteiger partial charge in [0.1, 0.15) is 0 Å². The van der Waals surface area contributed by atoms with Crippen molar-refractivity contribution in [3.05, 3.63) is 57.7 Å². The van der Waals surface area contributed by atoms with Gasteiger partial charge in [-0.05, 0) is 0 Å². The van der Waals surface area contributed by atoms with E-state index >= 15 is 0 Å². The molecule has 0 unspecified atom stereocenters. The first-order chi connectivity index (χ1) is 14.3. The maximum atomic E-state index is 14.5. The first-order valence-corrected chi connectivity index (χ1v) is 8.44. The third-order valence-electron chi connectivity index (χ3n) is 4.56. The minimum atomic E-state index is -2.29. The third kappa shape index (κ3) is 3.06. The molecule has 0 aromatic heterocycles. The molecule has 2 aromatic rings. The quantitative estimate of drug-likeness (QED) is 0.516. The van der Waals surface area contributed by atoms with Crippen LogP contribution in [0.5, 0.6) is 0 Å². The smallest absolute Gasteiger partial charge is 0.189 e. The summed E-state index contributed by atoms with van der Waals surface area (Å²) in [6, 6.07) is 0. The van der Waals surface area contributed by atoms with Crippen LogP contribution >= 0.6 is 0 Å². The lowest BCUT2D eigenvalue weighted by atomic mass is 9.97. The second-order valence-electron chi connectivity index (χ2n) is 6.24. The van der Waals surface area contributed by atoms with E-state index in [9.17, 15) is 35.1 Å². The van der Waals surface area contributed by atoms with Crippen LogP contribution in [0.2, 0.25) is 0 Å². The van der Waals surface area contributed by atoms with Crippen LogP contribution in [0, 0.1) is 46.5 Å². The molecule has 0 spiro atoms. The molecule has 0 amide bonds. The highest BCUT2D eigenvalue weighted by molar-refractivity contribution is 5.68. The third-order valence-corrected chi connectivity index (χ3v) is 4.56. The van der Waals surface area contributed by atoms with Crippen molar-refractivity contribution in [2.75, 3.05) is 26.4 Å². The molecule has 2 saturated heterocycles. The first-order valence-electron chi connectivity index (χ1n) is 8.44. The van der Waals surface area contributed by atoms with Crippen LogP contribution in [0.3, 0.4) is 0 Å². The van der Waals surface area contributed by atoms with Gasteiger partial charge in [-0.25, -0.2) is 35.1 Å². The minimum Gasteiger partial charge on any atom is -0.346 e. The van der Waals surface area contributed by atoms with Crippen LogP contribution in [-0.2, 0) is 18.9 Å². The van der Waals surface area contributed by atoms with Crippen LogP contribution in [0.15, 0.2) is 0 Å². The molecule has 30 heavy (non-hydrogen) atoms. The Morgan fingerprint density at radius 1 is 0.400 bits per heavy atom. The van der Waals surface area contributed by atoms with Crippen molar-refractivity contribution in [1.29, 1.82) is 0 Å². The van der Waals surface area contributed by atoms with E-state index in [1.807, 2.05) is 0 Å². The zero-order valence-corrected chi connectivity index (χ0v) is 14.6. The van der Waals surface area contributed by atoms with Gasteiger partial charge in [0.05, 0.1) is 48.7 Å². The number of hydrogen-bond acceptors (Lipinski definition) is 4. The van der Waals surface area contributed by atoms with Crippen LogP contribution in [0.1, 0.15) is 23.7 Å². The molecule has 162 valence electrons. The molecule has 0 saturated carbocycles. The maximum Gasteiger partial charge on any atom is 0.189 e. The van der Waals surface area contributed by atoms with Crippen molar-refractivity contribution in [3.63, 3.8) is 0 Å². The molecule has 0 radical (unpaired) electrons. The maximum absolute atomic E-state index is 14.5. The van der Waals surface area contributed by atoms with Gasteiger partial charge in [0.15, 0.2) is 59.1 Å². The fourth-order valence-electron chi connectivity index (χ4n) is 3.20.